The van der Waals surface area contributed by atoms with E-state index in [1.165, 1.54) is 19.8 Å². The first-order chi connectivity index (χ1) is 11.8. The molecule has 0 heterocycles. The van der Waals surface area contributed by atoms with Crippen molar-refractivity contribution in [3.05, 3.63) is 35.9 Å². The van der Waals surface area contributed by atoms with Crippen LogP contribution in [0.4, 0.5) is 0 Å². The summed E-state index contributed by atoms with van der Waals surface area (Å²) in [4.78, 5) is 12.3. The predicted molar refractivity (Wildman–Crippen MR) is 97.8 cm³/mol. The Morgan fingerprint density at radius 2 is 1.72 bits per heavy atom. The van der Waals surface area contributed by atoms with Gasteiger partial charge in [0.25, 0.3) is 0 Å². The molecule has 0 spiro atoms. The minimum Gasteiger partial charge on any atom is -0.462 e. The Morgan fingerprint density at radius 1 is 1.12 bits per heavy atom. The monoisotopic (exact) mass is 368 g/mol. The zero-order chi connectivity index (χ0) is 18.5. The predicted octanol–water partition coefficient (Wildman–Crippen LogP) is 4.55. The van der Waals surface area contributed by atoms with Gasteiger partial charge >= 0.3 is 13.6 Å². The maximum absolute atomic E-state index is 12.3. The zero-order valence-corrected chi connectivity index (χ0v) is 16.5. The smallest absolute Gasteiger partial charge is 0.341 e. The highest BCUT2D eigenvalue weighted by Crippen LogP contribution is 2.47. The van der Waals surface area contributed by atoms with Crippen molar-refractivity contribution in [1.29, 1.82) is 0 Å². The Hall–Kier alpha value is -1.16. The Morgan fingerprint density at radius 3 is 2.32 bits per heavy atom. The van der Waals surface area contributed by atoms with Crippen molar-refractivity contribution in [3.8, 4) is 0 Å². The number of hydrogen-bond acceptors (Lipinski definition) is 5. The molecule has 0 radical (unpaired) electrons. The van der Waals surface area contributed by atoms with Crippen LogP contribution in [0, 0.1) is 5.92 Å². The van der Waals surface area contributed by atoms with Crippen molar-refractivity contribution in [3.63, 3.8) is 0 Å². The van der Waals surface area contributed by atoms with Crippen LogP contribution in [0.3, 0.4) is 0 Å². The van der Waals surface area contributed by atoms with Gasteiger partial charge in [-0.3, -0.25) is 9.36 Å². The largest absolute Gasteiger partial charge is 0.462 e. The highest BCUT2D eigenvalue weighted by molar-refractivity contribution is 7.54. The summed E-state index contributed by atoms with van der Waals surface area (Å²) in [6.07, 6.45) is 3.46. The minimum absolute atomic E-state index is 0.112. The number of rotatable bonds is 7. The summed E-state index contributed by atoms with van der Waals surface area (Å²) in [6.45, 7) is 4.41. The summed E-state index contributed by atoms with van der Waals surface area (Å²) >= 11 is 0. The van der Waals surface area contributed by atoms with E-state index in [4.69, 9.17) is 13.8 Å². The fourth-order valence-corrected chi connectivity index (χ4v) is 4.51. The SMILES string of the molecule is COP(=O)(CC(=O)O[C@H]1CCCC[C@@H]1C(C)(C)c1ccccc1)OC. The maximum Gasteiger partial charge on any atom is 0.341 e. The third-order valence-corrected chi connectivity index (χ3v) is 7.07. The molecule has 6 heteroatoms. The molecule has 5 nitrogen and oxygen atoms in total. The summed E-state index contributed by atoms with van der Waals surface area (Å²) in [6, 6.07) is 10.3. The second-order valence-electron chi connectivity index (χ2n) is 7.14. The molecule has 1 aromatic carbocycles. The van der Waals surface area contributed by atoms with Gasteiger partial charge in [-0.25, -0.2) is 0 Å². The summed E-state index contributed by atoms with van der Waals surface area (Å²) in [5.74, 6) is -0.301. The third-order valence-electron chi connectivity index (χ3n) is 5.31. The number of carbonyl (C=O) groups is 1. The fourth-order valence-electron chi connectivity index (χ4n) is 3.71. The topological polar surface area (TPSA) is 61.8 Å². The lowest BCUT2D eigenvalue weighted by molar-refractivity contribution is -0.152. The Balaban J connectivity index is 2.13. The molecule has 0 saturated heterocycles. The van der Waals surface area contributed by atoms with Crippen LogP contribution in [0.25, 0.3) is 0 Å². The van der Waals surface area contributed by atoms with Crippen LogP contribution >= 0.6 is 7.60 Å². The second-order valence-corrected chi connectivity index (χ2v) is 9.41. The van der Waals surface area contributed by atoms with Gasteiger partial charge in [0.05, 0.1) is 0 Å². The van der Waals surface area contributed by atoms with Gasteiger partial charge in [-0.05, 0) is 30.2 Å². The Kier molecular flexibility index (Phi) is 6.84. The minimum atomic E-state index is -3.40. The third kappa shape index (κ3) is 4.93. The fraction of sp³-hybridized carbons (Fsp3) is 0.632. The highest BCUT2D eigenvalue weighted by Gasteiger charge is 2.41. The molecule has 1 fully saturated rings. The summed E-state index contributed by atoms with van der Waals surface area (Å²) < 4.78 is 27.6. The molecule has 2 rings (SSSR count). The number of carbonyl (C=O) groups excluding carboxylic acids is 1. The molecule has 0 aliphatic heterocycles. The van der Waals surface area contributed by atoms with Gasteiger partial charge in [0.15, 0.2) is 0 Å². The lowest BCUT2D eigenvalue weighted by atomic mass is 9.66. The molecule has 0 bridgehead atoms. The second kappa shape index (κ2) is 8.48. The van der Waals surface area contributed by atoms with E-state index in [2.05, 4.69) is 26.0 Å². The van der Waals surface area contributed by atoms with Crippen LogP contribution in [-0.4, -0.2) is 32.5 Å². The molecule has 0 unspecified atom stereocenters. The Bertz CT molecular complexity index is 606. The van der Waals surface area contributed by atoms with Crippen molar-refractivity contribution < 1.29 is 23.1 Å². The molecular formula is C19H29O5P. The van der Waals surface area contributed by atoms with Crippen LogP contribution in [0.5, 0.6) is 0 Å². The van der Waals surface area contributed by atoms with E-state index < -0.39 is 13.6 Å². The average Bonchev–Trinajstić information content (AvgIpc) is 2.62. The van der Waals surface area contributed by atoms with E-state index in [0.717, 1.165) is 25.7 Å². The number of benzene rings is 1. The van der Waals surface area contributed by atoms with Crippen LogP contribution in [-0.2, 0) is 28.6 Å². The number of esters is 1. The molecule has 1 aliphatic rings. The summed E-state index contributed by atoms with van der Waals surface area (Å²) in [5.41, 5.74) is 1.13. The van der Waals surface area contributed by atoms with Crippen LogP contribution < -0.4 is 0 Å². The van der Waals surface area contributed by atoms with E-state index in [1.54, 1.807) is 0 Å². The lowest BCUT2D eigenvalue weighted by Crippen LogP contribution is -2.42. The molecule has 0 aromatic heterocycles. The van der Waals surface area contributed by atoms with E-state index in [0.29, 0.717) is 0 Å². The summed E-state index contributed by atoms with van der Waals surface area (Å²) in [5, 5.41) is 0. The average molecular weight is 368 g/mol. The molecular weight excluding hydrogens is 339 g/mol. The molecule has 1 aromatic rings. The van der Waals surface area contributed by atoms with Crippen LogP contribution in [0.15, 0.2) is 30.3 Å². The molecule has 140 valence electrons. The molecule has 0 N–H and O–H groups in total. The van der Waals surface area contributed by atoms with E-state index in [9.17, 15) is 9.36 Å². The molecule has 25 heavy (non-hydrogen) atoms. The number of hydrogen-bond donors (Lipinski definition) is 0. The first kappa shape index (κ1) is 20.2. The van der Waals surface area contributed by atoms with Gasteiger partial charge in [0, 0.05) is 20.1 Å². The van der Waals surface area contributed by atoms with Crippen molar-refractivity contribution >= 4 is 13.6 Å². The molecule has 2 atom stereocenters. The first-order valence-corrected chi connectivity index (χ1v) is 10.5. The van der Waals surface area contributed by atoms with Crippen molar-refractivity contribution in [2.45, 2.75) is 51.0 Å². The zero-order valence-electron chi connectivity index (χ0n) is 15.6. The molecule has 1 saturated carbocycles. The lowest BCUT2D eigenvalue weighted by Gasteiger charge is -2.42. The van der Waals surface area contributed by atoms with Crippen LogP contribution in [0.2, 0.25) is 0 Å². The van der Waals surface area contributed by atoms with Gasteiger partial charge in [-0.15, -0.1) is 0 Å². The quantitative estimate of drug-likeness (QED) is 0.522. The standard InChI is InChI=1S/C19H29O5P/c1-19(2,15-10-6-5-7-11-15)16-12-8-9-13-17(16)24-18(20)14-25(21,22-3)23-4/h5-7,10-11,16-17H,8-9,12-14H2,1-4H3/t16-,17-/m0/s1. The first-order valence-electron chi connectivity index (χ1n) is 8.78. The van der Waals surface area contributed by atoms with Crippen LogP contribution in [0.1, 0.15) is 45.1 Å². The summed E-state index contributed by atoms with van der Waals surface area (Å²) in [7, 11) is -0.843. The normalized spacial score (nSPS) is 21.8. The molecule has 1 aliphatic carbocycles. The maximum atomic E-state index is 12.3. The van der Waals surface area contributed by atoms with E-state index in [1.807, 2.05) is 18.2 Å². The Labute approximate surface area is 150 Å². The van der Waals surface area contributed by atoms with E-state index in [-0.39, 0.29) is 23.6 Å². The van der Waals surface area contributed by atoms with Gasteiger partial charge in [0.2, 0.25) is 0 Å². The highest BCUT2D eigenvalue weighted by atomic mass is 31.2. The van der Waals surface area contributed by atoms with Crippen molar-refractivity contribution in [2.75, 3.05) is 20.4 Å². The van der Waals surface area contributed by atoms with Gasteiger partial charge < -0.3 is 13.8 Å². The van der Waals surface area contributed by atoms with E-state index >= 15 is 0 Å². The van der Waals surface area contributed by atoms with Gasteiger partial charge in [0.1, 0.15) is 12.3 Å². The van der Waals surface area contributed by atoms with Crippen molar-refractivity contribution in [1.82, 2.24) is 0 Å². The van der Waals surface area contributed by atoms with Crippen molar-refractivity contribution in [2.24, 2.45) is 5.92 Å². The van der Waals surface area contributed by atoms with Gasteiger partial charge in [-0.1, -0.05) is 50.6 Å². The molecule has 0 amide bonds. The number of ether oxygens (including phenoxy) is 1. The van der Waals surface area contributed by atoms with Gasteiger partial charge in [-0.2, -0.15) is 0 Å².